The molecule has 0 bridgehead atoms. The number of anilines is 1. The van der Waals surface area contributed by atoms with Crippen molar-refractivity contribution >= 4 is 27.3 Å². The van der Waals surface area contributed by atoms with Crippen molar-refractivity contribution in [2.45, 2.75) is 25.8 Å². The van der Waals surface area contributed by atoms with E-state index in [9.17, 15) is 18.0 Å². The molecule has 2 amide bonds. The van der Waals surface area contributed by atoms with E-state index in [2.05, 4.69) is 10.6 Å². The van der Waals surface area contributed by atoms with Gasteiger partial charge in [0.15, 0.2) is 9.84 Å². The van der Waals surface area contributed by atoms with Crippen LogP contribution in [0, 0.1) is 11.8 Å². The van der Waals surface area contributed by atoms with Gasteiger partial charge in [-0.2, -0.15) is 0 Å². The Bertz CT molecular complexity index is 727. The first-order chi connectivity index (χ1) is 10.8. The summed E-state index contributed by atoms with van der Waals surface area (Å²) in [6.07, 6.45) is 1.39. The van der Waals surface area contributed by atoms with Crippen LogP contribution in [0.3, 0.4) is 0 Å². The third-order valence-corrected chi connectivity index (χ3v) is 6.20. The minimum Gasteiger partial charge on any atom is -0.348 e. The summed E-state index contributed by atoms with van der Waals surface area (Å²) in [5.74, 6) is 0.409. The molecule has 1 heterocycles. The number of rotatable bonds is 4. The van der Waals surface area contributed by atoms with Crippen molar-refractivity contribution in [2.24, 2.45) is 11.8 Å². The summed E-state index contributed by atoms with van der Waals surface area (Å²) >= 11 is 0. The van der Waals surface area contributed by atoms with Crippen LogP contribution in [-0.4, -0.2) is 37.8 Å². The van der Waals surface area contributed by atoms with Gasteiger partial charge in [-0.05, 0) is 43.0 Å². The van der Waals surface area contributed by atoms with Gasteiger partial charge in [0.1, 0.15) is 0 Å². The molecule has 124 valence electrons. The summed E-state index contributed by atoms with van der Waals surface area (Å²) in [6, 6.07) is 6.31. The lowest BCUT2D eigenvalue weighted by Gasteiger charge is -2.11. The number of carbonyl (C=O) groups excluding carboxylic acids is 2. The molecule has 1 aromatic rings. The number of carbonyl (C=O) groups is 2. The summed E-state index contributed by atoms with van der Waals surface area (Å²) in [5, 5.41) is 5.57. The van der Waals surface area contributed by atoms with Crippen molar-refractivity contribution in [3.05, 3.63) is 29.8 Å². The number of sulfone groups is 1. The van der Waals surface area contributed by atoms with Crippen molar-refractivity contribution in [3.8, 4) is 0 Å². The first-order valence-corrected chi connectivity index (χ1v) is 9.58. The van der Waals surface area contributed by atoms with Crippen molar-refractivity contribution in [2.75, 3.05) is 16.8 Å². The zero-order valence-electron chi connectivity index (χ0n) is 12.9. The molecule has 2 aliphatic rings. The maximum absolute atomic E-state index is 12.1. The molecule has 2 fully saturated rings. The SMILES string of the molecule is C[C@@H]1C[C@H]1C(=O)Nc1ccc(C(=O)N[C@@H]2CCS(=O)(=O)C2)cc1. The van der Waals surface area contributed by atoms with E-state index in [0.29, 0.717) is 23.6 Å². The lowest BCUT2D eigenvalue weighted by atomic mass is 10.1. The fraction of sp³-hybridized carbons (Fsp3) is 0.500. The highest BCUT2D eigenvalue weighted by molar-refractivity contribution is 7.91. The Morgan fingerprint density at radius 3 is 2.35 bits per heavy atom. The van der Waals surface area contributed by atoms with Crippen LogP contribution in [0.5, 0.6) is 0 Å². The van der Waals surface area contributed by atoms with Crippen LogP contribution < -0.4 is 10.6 Å². The normalized spacial score (nSPS) is 28.1. The summed E-state index contributed by atoms with van der Waals surface area (Å²) < 4.78 is 22.8. The second-order valence-corrected chi connectivity index (χ2v) is 8.69. The van der Waals surface area contributed by atoms with Gasteiger partial charge in [-0.15, -0.1) is 0 Å². The lowest BCUT2D eigenvalue weighted by Crippen LogP contribution is -2.35. The minimum absolute atomic E-state index is 0.00640. The van der Waals surface area contributed by atoms with E-state index in [-0.39, 0.29) is 35.3 Å². The van der Waals surface area contributed by atoms with E-state index in [0.717, 1.165) is 6.42 Å². The van der Waals surface area contributed by atoms with Crippen molar-refractivity contribution in [1.29, 1.82) is 0 Å². The van der Waals surface area contributed by atoms with Gasteiger partial charge in [0.2, 0.25) is 5.91 Å². The number of benzene rings is 1. The van der Waals surface area contributed by atoms with E-state index < -0.39 is 9.84 Å². The Labute approximate surface area is 135 Å². The van der Waals surface area contributed by atoms with E-state index in [1.807, 2.05) is 6.92 Å². The molecule has 2 N–H and O–H groups in total. The van der Waals surface area contributed by atoms with Gasteiger partial charge in [0.05, 0.1) is 11.5 Å². The average Bonchev–Trinajstić information content (AvgIpc) is 3.13. The highest BCUT2D eigenvalue weighted by atomic mass is 32.2. The molecule has 0 unspecified atom stereocenters. The average molecular weight is 336 g/mol. The third-order valence-electron chi connectivity index (χ3n) is 4.43. The summed E-state index contributed by atoms with van der Waals surface area (Å²) in [4.78, 5) is 24.0. The van der Waals surface area contributed by atoms with Crippen molar-refractivity contribution < 1.29 is 18.0 Å². The molecule has 1 aromatic carbocycles. The Kier molecular flexibility index (Phi) is 4.14. The molecule has 1 aliphatic heterocycles. The highest BCUT2D eigenvalue weighted by Crippen LogP contribution is 2.38. The topological polar surface area (TPSA) is 92.3 Å². The zero-order chi connectivity index (χ0) is 16.6. The maximum Gasteiger partial charge on any atom is 0.251 e. The number of nitrogens with one attached hydrogen (secondary N) is 2. The molecule has 7 heteroatoms. The largest absolute Gasteiger partial charge is 0.348 e. The Morgan fingerprint density at radius 2 is 1.83 bits per heavy atom. The second kappa shape index (κ2) is 5.96. The van der Waals surface area contributed by atoms with Gasteiger partial charge in [0, 0.05) is 23.2 Å². The Balaban J connectivity index is 1.56. The number of amides is 2. The number of hydrogen-bond donors (Lipinski definition) is 2. The molecule has 6 nitrogen and oxygen atoms in total. The lowest BCUT2D eigenvalue weighted by molar-refractivity contribution is -0.117. The smallest absolute Gasteiger partial charge is 0.251 e. The molecule has 23 heavy (non-hydrogen) atoms. The second-order valence-electron chi connectivity index (χ2n) is 6.46. The van der Waals surface area contributed by atoms with Crippen LogP contribution in [-0.2, 0) is 14.6 Å². The van der Waals surface area contributed by atoms with Crippen LogP contribution >= 0.6 is 0 Å². The quantitative estimate of drug-likeness (QED) is 0.864. The Morgan fingerprint density at radius 1 is 1.17 bits per heavy atom. The zero-order valence-corrected chi connectivity index (χ0v) is 13.7. The molecule has 3 atom stereocenters. The monoisotopic (exact) mass is 336 g/mol. The molecule has 1 saturated carbocycles. The summed E-state index contributed by atoms with van der Waals surface area (Å²) in [6.45, 7) is 2.04. The molecular formula is C16H20N2O4S. The molecule has 1 saturated heterocycles. The third kappa shape index (κ3) is 3.90. The highest BCUT2D eigenvalue weighted by Gasteiger charge is 2.39. The summed E-state index contributed by atoms with van der Waals surface area (Å²) in [7, 11) is -3.01. The van der Waals surface area contributed by atoms with Crippen LogP contribution in [0.1, 0.15) is 30.1 Å². The standard InChI is InChI=1S/C16H20N2O4S/c1-10-8-14(10)16(20)17-12-4-2-11(3-5-12)15(19)18-13-6-7-23(21,22)9-13/h2-5,10,13-14H,6-9H2,1H3,(H,17,20)(H,18,19)/t10-,13-,14-/m1/s1. The van der Waals surface area contributed by atoms with Crippen LogP contribution in [0.2, 0.25) is 0 Å². The van der Waals surface area contributed by atoms with E-state index >= 15 is 0 Å². The fourth-order valence-corrected chi connectivity index (χ4v) is 4.48. The minimum atomic E-state index is -3.01. The fourth-order valence-electron chi connectivity index (χ4n) is 2.80. The molecular weight excluding hydrogens is 316 g/mol. The predicted molar refractivity (Wildman–Crippen MR) is 86.9 cm³/mol. The number of hydrogen-bond acceptors (Lipinski definition) is 4. The van der Waals surface area contributed by atoms with Gasteiger partial charge in [-0.3, -0.25) is 9.59 Å². The molecule has 0 spiro atoms. The molecule has 1 aliphatic carbocycles. The van der Waals surface area contributed by atoms with Gasteiger partial charge in [-0.25, -0.2) is 8.42 Å². The van der Waals surface area contributed by atoms with Crippen molar-refractivity contribution in [3.63, 3.8) is 0 Å². The van der Waals surface area contributed by atoms with E-state index in [1.54, 1.807) is 24.3 Å². The van der Waals surface area contributed by atoms with Crippen molar-refractivity contribution in [1.82, 2.24) is 5.32 Å². The van der Waals surface area contributed by atoms with Crippen LogP contribution in [0.4, 0.5) is 5.69 Å². The van der Waals surface area contributed by atoms with Gasteiger partial charge in [0.25, 0.3) is 5.91 Å². The van der Waals surface area contributed by atoms with E-state index in [1.165, 1.54) is 0 Å². The first kappa shape index (κ1) is 16.0. The summed E-state index contributed by atoms with van der Waals surface area (Å²) in [5.41, 5.74) is 1.11. The Hall–Kier alpha value is -1.89. The van der Waals surface area contributed by atoms with Crippen LogP contribution in [0.25, 0.3) is 0 Å². The van der Waals surface area contributed by atoms with Gasteiger partial charge < -0.3 is 10.6 Å². The van der Waals surface area contributed by atoms with E-state index in [4.69, 9.17) is 0 Å². The predicted octanol–water partition coefficient (Wildman–Crippen LogP) is 1.20. The first-order valence-electron chi connectivity index (χ1n) is 7.76. The molecule has 0 radical (unpaired) electrons. The molecule has 0 aromatic heterocycles. The van der Waals surface area contributed by atoms with Gasteiger partial charge >= 0.3 is 0 Å². The van der Waals surface area contributed by atoms with Gasteiger partial charge in [-0.1, -0.05) is 6.92 Å². The maximum atomic E-state index is 12.1. The molecule has 3 rings (SSSR count). The van der Waals surface area contributed by atoms with Crippen LogP contribution in [0.15, 0.2) is 24.3 Å².